The van der Waals surface area contributed by atoms with Crippen molar-refractivity contribution in [3.63, 3.8) is 0 Å². The summed E-state index contributed by atoms with van der Waals surface area (Å²) in [7, 11) is 0. The lowest BCUT2D eigenvalue weighted by molar-refractivity contribution is -0.344. The molecule has 0 fully saturated rings. The maximum Gasteiger partial charge on any atom is 0.522 e. The minimum absolute atomic E-state index is 0.0914. The van der Waals surface area contributed by atoms with Gasteiger partial charge in [0.2, 0.25) is 0 Å². The first-order valence-corrected chi connectivity index (χ1v) is 4.04. The standard InChI is InChI=1S/C7H13F3O4/c1-2-12-6(13-4-3-11)5-14-7(8,9)10/h6,11H,2-5H2,1H3. The molecular formula is C7H13F3O4. The van der Waals surface area contributed by atoms with Gasteiger partial charge in [-0.25, -0.2) is 0 Å². The minimum Gasteiger partial charge on any atom is -0.394 e. The van der Waals surface area contributed by atoms with Gasteiger partial charge < -0.3 is 14.6 Å². The Morgan fingerprint density at radius 2 is 1.93 bits per heavy atom. The molecule has 0 aromatic heterocycles. The maximum atomic E-state index is 11.6. The lowest BCUT2D eigenvalue weighted by atomic mass is 10.6. The molecule has 0 spiro atoms. The quantitative estimate of drug-likeness (QED) is 0.645. The van der Waals surface area contributed by atoms with E-state index in [0.29, 0.717) is 0 Å². The van der Waals surface area contributed by atoms with Crippen molar-refractivity contribution in [2.45, 2.75) is 19.6 Å². The van der Waals surface area contributed by atoms with Crippen LogP contribution in [0.15, 0.2) is 0 Å². The van der Waals surface area contributed by atoms with Crippen LogP contribution in [0.2, 0.25) is 0 Å². The molecule has 1 N–H and O–H groups in total. The molecule has 0 aliphatic heterocycles. The summed E-state index contributed by atoms with van der Waals surface area (Å²) in [6, 6.07) is 0. The van der Waals surface area contributed by atoms with Crippen molar-refractivity contribution >= 4 is 0 Å². The third-order valence-electron chi connectivity index (χ3n) is 1.13. The average molecular weight is 218 g/mol. The van der Waals surface area contributed by atoms with E-state index in [0.717, 1.165) is 0 Å². The molecule has 4 nitrogen and oxygen atoms in total. The summed E-state index contributed by atoms with van der Waals surface area (Å²) >= 11 is 0. The van der Waals surface area contributed by atoms with Gasteiger partial charge in [-0.15, -0.1) is 13.2 Å². The lowest BCUT2D eigenvalue weighted by Crippen LogP contribution is -2.28. The summed E-state index contributed by atoms with van der Waals surface area (Å²) < 4.78 is 47.8. The number of hydrogen-bond donors (Lipinski definition) is 1. The molecule has 0 saturated heterocycles. The number of alkyl halides is 3. The molecule has 86 valence electrons. The second-order valence-corrected chi connectivity index (χ2v) is 2.24. The van der Waals surface area contributed by atoms with Crippen molar-refractivity contribution in [3.8, 4) is 0 Å². The Balaban J connectivity index is 3.72. The van der Waals surface area contributed by atoms with Gasteiger partial charge >= 0.3 is 6.36 Å². The highest BCUT2D eigenvalue weighted by Gasteiger charge is 2.30. The van der Waals surface area contributed by atoms with Crippen molar-refractivity contribution in [3.05, 3.63) is 0 Å². The zero-order chi connectivity index (χ0) is 11.0. The van der Waals surface area contributed by atoms with Gasteiger partial charge in [0.25, 0.3) is 0 Å². The Labute approximate surface area is 79.6 Å². The van der Waals surface area contributed by atoms with E-state index in [1.807, 2.05) is 0 Å². The van der Waals surface area contributed by atoms with Gasteiger partial charge in [0.1, 0.15) is 6.61 Å². The van der Waals surface area contributed by atoms with Crippen molar-refractivity contribution in [1.82, 2.24) is 0 Å². The van der Waals surface area contributed by atoms with Crippen LogP contribution in [0.25, 0.3) is 0 Å². The summed E-state index contributed by atoms with van der Waals surface area (Å²) in [6.45, 7) is 0.707. The van der Waals surface area contributed by atoms with E-state index in [9.17, 15) is 13.2 Å². The van der Waals surface area contributed by atoms with Crippen LogP contribution in [0.5, 0.6) is 0 Å². The summed E-state index contributed by atoms with van der Waals surface area (Å²) in [5.74, 6) is 0. The molecule has 0 heterocycles. The van der Waals surface area contributed by atoms with E-state index in [2.05, 4.69) is 4.74 Å². The topological polar surface area (TPSA) is 47.9 Å². The zero-order valence-electron chi connectivity index (χ0n) is 7.71. The number of halogens is 3. The number of aliphatic hydroxyl groups excluding tert-OH is 1. The van der Waals surface area contributed by atoms with Crippen molar-refractivity contribution < 1.29 is 32.5 Å². The third-order valence-corrected chi connectivity index (χ3v) is 1.13. The van der Waals surface area contributed by atoms with Gasteiger partial charge in [-0.3, -0.25) is 4.74 Å². The molecular weight excluding hydrogens is 205 g/mol. The van der Waals surface area contributed by atoms with Crippen LogP contribution >= 0.6 is 0 Å². The average Bonchev–Trinajstić information content (AvgIpc) is 2.08. The molecule has 14 heavy (non-hydrogen) atoms. The highest BCUT2D eigenvalue weighted by Crippen LogP contribution is 2.16. The number of hydrogen-bond acceptors (Lipinski definition) is 4. The monoisotopic (exact) mass is 218 g/mol. The van der Waals surface area contributed by atoms with Gasteiger partial charge in [-0.2, -0.15) is 0 Å². The van der Waals surface area contributed by atoms with Gasteiger partial charge in [0.05, 0.1) is 13.2 Å². The van der Waals surface area contributed by atoms with Crippen LogP contribution in [-0.2, 0) is 14.2 Å². The van der Waals surface area contributed by atoms with E-state index in [1.165, 1.54) is 0 Å². The Hall–Kier alpha value is -0.370. The SMILES string of the molecule is CCOC(COC(F)(F)F)OCCO. The van der Waals surface area contributed by atoms with Crippen molar-refractivity contribution in [2.75, 3.05) is 26.4 Å². The Morgan fingerprint density at radius 3 is 2.36 bits per heavy atom. The van der Waals surface area contributed by atoms with Gasteiger partial charge in [-0.1, -0.05) is 0 Å². The molecule has 7 heteroatoms. The van der Waals surface area contributed by atoms with Crippen LogP contribution in [0.3, 0.4) is 0 Å². The second-order valence-electron chi connectivity index (χ2n) is 2.24. The number of ether oxygens (including phenoxy) is 3. The smallest absolute Gasteiger partial charge is 0.394 e. The molecule has 1 unspecified atom stereocenters. The van der Waals surface area contributed by atoms with Crippen molar-refractivity contribution in [1.29, 1.82) is 0 Å². The molecule has 0 radical (unpaired) electrons. The highest BCUT2D eigenvalue weighted by atomic mass is 19.4. The molecule has 0 aliphatic rings. The molecule has 0 bridgehead atoms. The Bertz CT molecular complexity index is 139. The molecule has 0 saturated carbocycles. The first-order valence-electron chi connectivity index (χ1n) is 4.04. The maximum absolute atomic E-state index is 11.6. The van der Waals surface area contributed by atoms with E-state index in [1.54, 1.807) is 6.92 Å². The normalized spacial score (nSPS) is 14.4. The van der Waals surface area contributed by atoms with Crippen LogP contribution in [0, 0.1) is 0 Å². The van der Waals surface area contributed by atoms with Crippen LogP contribution in [-0.4, -0.2) is 44.2 Å². The van der Waals surface area contributed by atoms with E-state index >= 15 is 0 Å². The van der Waals surface area contributed by atoms with Crippen LogP contribution in [0.1, 0.15) is 6.92 Å². The van der Waals surface area contributed by atoms with Crippen molar-refractivity contribution in [2.24, 2.45) is 0 Å². The highest BCUT2D eigenvalue weighted by molar-refractivity contribution is 4.43. The fourth-order valence-corrected chi connectivity index (χ4v) is 0.677. The first-order chi connectivity index (χ1) is 6.49. The predicted molar refractivity (Wildman–Crippen MR) is 40.5 cm³/mol. The van der Waals surface area contributed by atoms with Gasteiger partial charge in [0.15, 0.2) is 6.29 Å². The molecule has 0 aromatic rings. The van der Waals surface area contributed by atoms with E-state index < -0.39 is 19.3 Å². The molecule has 0 rings (SSSR count). The molecule has 0 aliphatic carbocycles. The Kier molecular flexibility index (Phi) is 6.81. The van der Waals surface area contributed by atoms with E-state index in [-0.39, 0.29) is 19.8 Å². The zero-order valence-corrected chi connectivity index (χ0v) is 7.71. The predicted octanol–water partition coefficient (Wildman–Crippen LogP) is 0.894. The van der Waals surface area contributed by atoms with Gasteiger partial charge in [0, 0.05) is 6.61 Å². The number of rotatable bonds is 7. The summed E-state index contributed by atoms with van der Waals surface area (Å²) in [5, 5.41) is 8.37. The second kappa shape index (κ2) is 6.99. The molecule has 0 amide bonds. The summed E-state index contributed by atoms with van der Waals surface area (Å²) in [6.07, 6.45) is -5.80. The fourth-order valence-electron chi connectivity index (χ4n) is 0.677. The molecule has 1 atom stereocenters. The lowest BCUT2D eigenvalue weighted by Gasteiger charge is -2.17. The largest absolute Gasteiger partial charge is 0.522 e. The van der Waals surface area contributed by atoms with E-state index in [4.69, 9.17) is 14.6 Å². The van der Waals surface area contributed by atoms with Crippen LogP contribution in [0.4, 0.5) is 13.2 Å². The summed E-state index contributed by atoms with van der Waals surface area (Å²) in [5.41, 5.74) is 0. The van der Waals surface area contributed by atoms with Gasteiger partial charge in [-0.05, 0) is 6.92 Å². The number of aliphatic hydroxyl groups is 1. The molecule has 0 aromatic carbocycles. The fraction of sp³-hybridized carbons (Fsp3) is 1.00. The third kappa shape index (κ3) is 8.24. The Morgan fingerprint density at radius 1 is 1.29 bits per heavy atom. The summed E-state index contributed by atoms with van der Waals surface area (Å²) in [4.78, 5) is 0. The minimum atomic E-state index is -4.70. The first kappa shape index (κ1) is 13.6. The van der Waals surface area contributed by atoms with Crippen LogP contribution < -0.4 is 0 Å².